The fourth-order valence-electron chi connectivity index (χ4n) is 1.85. The first kappa shape index (κ1) is 10.1. The lowest BCUT2D eigenvalue weighted by Crippen LogP contribution is -2.21. The lowest BCUT2D eigenvalue weighted by molar-refractivity contribution is -0.112. The molecule has 1 aliphatic heterocycles. The monoisotopic (exact) mass is 186 g/mol. The molecular weight excluding hydrogens is 168 g/mol. The summed E-state index contributed by atoms with van der Waals surface area (Å²) in [4.78, 5) is 10.8. The van der Waals surface area contributed by atoms with Crippen LogP contribution in [0.2, 0.25) is 0 Å². The summed E-state index contributed by atoms with van der Waals surface area (Å²) in [7, 11) is 0. The van der Waals surface area contributed by atoms with Gasteiger partial charge in [-0.2, -0.15) is 11.8 Å². The normalized spacial score (nSPS) is 26.6. The molecule has 0 aromatic rings. The van der Waals surface area contributed by atoms with Crippen LogP contribution in [0.1, 0.15) is 32.6 Å². The zero-order valence-electron chi connectivity index (χ0n) is 7.79. The van der Waals surface area contributed by atoms with Crippen molar-refractivity contribution < 1.29 is 4.79 Å². The highest BCUT2D eigenvalue weighted by molar-refractivity contribution is 7.99. The third kappa shape index (κ3) is 2.81. The molecule has 1 heterocycles. The van der Waals surface area contributed by atoms with E-state index in [-0.39, 0.29) is 0 Å². The van der Waals surface area contributed by atoms with Crippen molar-refractivity contribution in [2.75, 3.05) is 11.5 Å². The van der Waals surface area contributed by atoms with Gasteiger partial charge in [0.1, 0.15) is 6.29 Å². The molecule has 1 aliphatic rings. The maximum atomic E-state index is 10.8. The summed E-state index contributed by atoms with van der Waals surface area (Å²) < 4.78 is 0. The van der Waals surface area contributed by atoms with Gasteiger partial charge in [-0.05, 0) is 36.7 Å². The van der Waals surface area contributed by atoms with Crippen LogP contribution in [0, 0.1) is 11.8 Å². The van der Waals surface area contributed by atoms with Gasteiger partial charge in [-0.3, -0.25) is 0 Å². The van der Waals surface area contributed by atoms with Gasteiger partial charge in [-0.15, -0.1) is 0 Å². The summed E-state index contributed by atoms with van der Waals surface area (Å²) in [6.07, 6.45) is 6.00. The Kier molecular flexibility index (Phi) is 4.74. The van der Waals surface area contributed by atoms with E-state index in [1.807, 2.05) is 11.8 Å². The lowest BCUT2D eigenvalue weighted by Gasteiger charge is -2.25. The topological polar surface area (TPSA) is 17.1 Å². The third-order valence-corrected chi connectivity index (χ3v) is 3.84. The smallest absolute Gasteiger partial charge is 0.123 e. The number of carbonyl (C=O) groups is 1. The number of rotatable bonds is 4. The van der Waals surface area contributed by atoms with Crippen molar-refractivity contribution >= 4 is 18.0 Å². The van der Waals surface area contributed by atoms with Crippen LogP contribution in [-0.4, -0.2) is 17.8 Å². The summed E-state index contributed by atoms with van der Waals surface area (Å²) in [6.45, 7) is 2.16. The van der Waals surface area contributed by atoms with Gasteiger partial charge in [-0.1, -0.05) is 13.3 Å². The van der Waals surface area contributed by atoms with E-state index in [0.717, 1.165) is 12.8 Å². The van der Waals surface area contributed by atoms with E-state index in [1.54, 1.807) is 0 Å². The fourth-order valence-corrected chi connectivity index (χ4v) is 3.11. The molecule has 2 atom stereocenters. The average Bonchev–Trinajstić information content (AvgIpc) is 2.15. The van der Waals surface area contributed by atoms with E-state index in [2.05, 4.69) is 6.92 Å². The number of thioether (sulfide) groups is 1. The summed E-state index contributed by atoms with van der Waals surface area (Å²) in [6, 6.07) is 0. The number of hydrogen-bond donors (Lipinski definition) is 0. The van der Waals surface area contributed by atoms with Gasteiger partial charge in [0.15, 0.2) is 0 Å². The first-order valence-electron chi connectivity index (χ1n) is 4.91. The molecule has 1 rings (SSSR count). The molecule has 1 nitrogen and oxygen atoms in total. The van der Waals surface area contributed by atoms with Crippen molar-refractivity contribution in [1.82, 2.24) is 0 Å². The van der Waals surface area contributed by atoms with Crippen molar-refractivity contribution in [2.24, 2.45) is 11.8 Å². The first-order valence-corrected chi connectivity index (χ1v) is 6.07. The van der Waals surface area contributed by atoms with Crippen LogP contribution >= 0.6 is 11.8 Å². The Bertz CT molecular complexity index is 130. The lowest BCUT2D eigenvalue weighted by atomic mass is 9.87. The van der Waals surface area contributed by atoms with Gasteiger partial charge < -0.3 is 4.79 Å². The summed E-state index contributed by atoms with van der Waals surface area (Å²) in [5, 5.41) is 0. The molecule has 0 radical (unpaired) electrons. The van der Waals surface area contributed by atoms with Crippen molar-refractivity contribution in [1.29, 1.82) is 0 Å². The van der Waals surface area contributed by atoms with Crippen LogP contribution in [0.5, 0.6) is 0 Å². The molecule has 0 amide bonds. The Morgan fingerprint density at radius 2 is 2.50 bits per heavy atom. The predicted octanol–water partition coefficient (Wildman–Crippen LogP) is 2.74. The Morgan fingerprint density at radius 1 is 1.67 bits per heavy atom. The maximum Gasteiger partial charge on any atom is 0.123 e. The highest BCUT2D eigenvalue weighted by Gasteiger charge is 2.22. The Labute approximate surface area is 79.3 Å². The van der Waals surface area contributed by atoms with E-state index in [1.165, 1.54) is 30.6 Å². The molecular formula is C10H18OS. The Hall–Kier alpha value is 0.0200. The molecule has 0 aromatic heterocycles. The second kappa shape index (κ2) is 5.63. The zero-order chi connectivity index (χ0) is 8.81. The SMILES string of the molecule is CCCC(C=O)C1CCCSC1. The molecule has 1 saturated heterocycles. The van der Waals surface area contributed by atoms with Crippen LogP contribution in [0.15, 0.2) is 0 Å². The standard InChI is InChI=1S/C10H18OS/c1-2-4-9(7-11)10-5-3-6-12-8-10/h7,9-10H,2-6,8H2,1H3. The molecule has 12 heavy (non-hydrogen) atoms. The van der Waals surface area contributed by atoms with E-state index in [9.17, 15) is 4.79 Å². The minimum Gasteiger partial charge on any atom is -0.303 e. The quantitative estimate of drug-likeness (QED) is 0.628. The van der Waals surface area contributed by atoms with Gasteiger partial charge >= 0.3 is 0 Å². The molecule has 0 N–H and O–H groups in total. The van der Waals surface area contributed by atoms with Crippen LogP contribution in [-0.2, 0) is 4.79 Å². The second-order valence-electron chi connectivity index (χ2n) is 3.57. The van der Waals surface area contributed by atoms with Crippen molar-refractivity contribution in [2.45, 2.75) is 32.6 Å². The summed E-state index contributed by atoms with van der Waals surface area (Å²) in [5.74, 6) is 3.54. The highest BCUT2D eigenvalue weighted by Crippen LogP contribution is 2.29. The van der Waals surface area contributed by atoms with Crippen LogP contribution < -0.4 is 0 Å². The summed E-state index contributed by atoms with van der Waals surface area (Å²) >= 11 is 2.01. The van der Waals surface area contributed by atoms with Crippen LogP contribution in [0.3, 0.4) is 0 Å². The van der Waals surface area contributed by atoms with E-state index in [4.69, 9.17) is 0 Å². The minimum absolute atomic E-state index is 0.350. The molecule has 2 heteroatoms. The first-order chi connectivity index (χ1) is 5.88. The largest absolute Gasteiger partial charge is 0.303 e. The molecule has 0 saturated carbocycles. The molecule has 70 valence electrons. The van der Waals surface area contributed by atoms with Gasteiger partial charge in [0.05, 0.1) is 0 Å². The Balaban J connectivity index is 2.34. The maximum absolute atomic E-state index is 10.8. The number of hydrogen-bond acceptors (Lipinski definition) is 2. The molecule has 0 aliphatic carbocycles. The molecule has 0 bridgehead atoms. The third-order valence-electron chi connectivity index (χ3n) is 2.60. The fraction of sp³-hybridized carbons (Fsp3) is 0.900. The molecule has 2 unspecified atom stereocenters. The highest BCUT2D eigenvalue weighted by atomic mass is 32.2. The van der Waals surface area contributed by atoms with Crippen molar-refractivity contribution in [3.63, 3.8) is 0 Å². The zero-order valence-corrected chi connectivity index (χ0v) is 8.61. The predicted molar refractivity (Wildman–Crippen MR) is 54.5 cm³/mol. The van der Waals surface area contributed by atoms with Crippen molar-refractivity contribution in [3.05, 3.63) is 0 Å². The van der Waals surface area contributed by atoms with E-state index in [0.29, 0.717) is 11.8 Å². The molecule has 1 fully saturated rings. The molecule has 0 spiro atoms. The Morgan fingerprint density at radius 3 is 3.00 bits per heavy atom. The van der Waals surface area contributed by atoms with Crippen LogP contribution in [0.4, 0.5) is 0 Å². The van der Waals surface area contributed by atoms with Gasteiger partial charge in [0.2, 0.25) is 0 Å². The van der Waals surface area contributed by atoms with Gasteiger partial charge in [0, 0.05) is 5.92 Å². The van der Waals surface area contributed by atoms with Crippen molar-refractivity contribution in [3.8, 4) is 0 Å². The minimum atomic E-state index is 0.350. The second-order valence-corrected chi connectivity index (χ2v) is 4.72. The van der Waals surface area contributed by atoms with E-state index >= 15 is 0 Å². The average molecular weight is 186 g/mol. The summed E-state index contributed by atoms with van der Waals surface area (Å²) in [5.41, 5.74) is 0. The molecule has 0 aromatic carbocycles. The number of aldehydes is 1. The van der Waals surface area contributed by atoms with Gasteiger partial charge in [-0.25, -0.2) is 0 Å². The number of carbonyl (C=O) groups excluding carboxylic acids is 1. The van der Waals surface area contributed by atoms with Gasteiger partial charge in [0.25, 0.3) is 0 Å². The van der Waals surface area contributed by atoms with Crippen LogP contribution in [0.25, 0.3) is 0 Å². The van der Waals surface area contributed by atoms with E-state index < -0.39 is 0 Å².